The summed E-state index contributed by atoms with van der Waals surface area (Å²) in [7, 11) is 5.67. The number of amides is 1. The largest absolute Gasteiger partial charge is 0.493 e. The van der Waals surface area contributed by atoms with E-state index in [2.05, 4.69) is 9.88 Å². The minimum Gasteiger partial charge on any atom is -0.493 e. The monoisotopic (exact) mass is 465 g/mol. The van der Waals surface area contributed by atoms with Crippen LogP contribution in [-0.4, -0.2) is 55.0 Å². The first-order valence-corrected chi connectivity index (χ1v) is 11.3. The minimum absolute atomic E-state index is 0.0558. The predicted octanol–water partition coefficient (Wildman–Crippen LogP) is 4.33. The van der Waals surface area contributed by atoms with E-state index in [1.807, 2.05) is 44.4 Å². The maximum Gasteiger partial charge on any atom is 0.227 e. The van der Waals surface area contributed by atoms with Crippen LogP contribution >= 0.6 is 0 Å². The fourth-order valence-electron chi connectivity index (χ4n) is 3.55. The first-order chi connectivity index (χ1) is 16.4. The van der Waals surface area contributed by atoms with Gasteiger partial charge in [-0.15, -0.1) is 0 Å². The number of methoxy groups -OCH3 is 1. The molecule has 0 aliphatic rings. The van der Waals surface area contributed by atoms with Crippen LogP contribution in [0.25, 0.3) is 0 Å². The van der Waals surface area contributed by atoms with Crippen LogP contribution in [0.15, 0.2) is 67.0 Å². The molecule has 0 atom stereocenters. The average Bonchev–Trinajstić information content (AvgIpc) is 2.83. The predicted molar refractivity (Wildman–Crippen MR) is 130 cm³/mol. The van der Waals surface area contributed by atoms with Crippen molar-refractivity contribution in [3.05, 3.63) is 89.5 Å². The zero-order valence-corrected chi connectivity index (χ0v) is 20.0. The van der Waals surface area contributed by atoms with Gasteiger partial charge < -0.3 is 19.3 Å². The minimum atomic E-state index is -0.320. The Kier molecular flexibility index (Phi) is 9.40. The summed E-state index contributed by atoms with van der Waals surface area (Å²) in [5.74, 6) is 0.940. The second-order valence-corrected chi connectivity index (χ2v) is 8.40. The van der Waals surface area contributed by atoms with Crippen LogP contribution in [0.1, 0.15) is 23.1 Å². The van der Waals surface area contributed by atoms with Crippen molar-refractivity contribution in [1.29, 1.82) is 0 Å². The number of benzene rings is 2. The van der Waals surface area contributed by atoms with E-state index in [9.17, 15) is 9.18 Å². The fraction of sp³-hybridized carbons (Fsp3) is 0.333. The number of ether oxygens (including phenoxy) is 2. The summed E-state index contributed by atoms with van der Waals surface area (Å²) in [4.78, 5) is 21.3. The highest BCUT2D eigenvalue weighted by molar-refractivity contribution is 5.78. The highest BCUT2D eigenvalue weighted by Crippen LogP contribution is 2.29. The van der Waals surface area contributed by atoms with Crippen molar-refractivity contribution in [3.63, 3.8) is 0 Å². The average molecular weight is 466 g/mol. The fourth-order valence-corrected chi connectivity index (χ4v) is 3.55. The highest BCUT2D eigenvalue weighted by atomic mass is 19.1. The lowest BCUT2D eigenvalue weighted by atomic mass is 10.1. The number of hydrogen-bond donors (Lipinski definition) is 0. The molecule has 0 spiro atoms. The second kappa shape index (κ2) is 12.7. The number of carbonyl (C=O) groups excluding carboxylic acids is 1. The Morgan fingerprint density at radius 3 is 2.38 bits per heavy atom. The first-order valence-electron chi connectivity index (χ1n) is 11.3. The van der Waals surface area contributed by atoms with Crippen LogP contribution in [0.5, 0.6) is 11.5 Å². The number of carbonyl (C=O) groups is 1. The molecule has 0 N–H and O–H groups in total. The molecule has 0 fully saturated rings. The molecule has 34 heavy (non-hydrogen) atoms. The molecule has 3 rings (SSSR count). The topological polar surface area (TPSA) is 54.9 Å². The number of aromatic nitrogens is 1. The number of hydrogen-bond acceptors (Lipinski definition) is 5. The third-order valence-corrected chi connectivity index (χ3v) is 5.33. The molecular weight excluding hydrogens is 433 g/mol. The van der Waals surface area contributed by atoms with Gasteiger partial charge in [-0.25, -0.2) is 4.39 Å². The Morgan fingerprint density at radius 1 is 0.971 bits per heavy atom. The number of nitrogens with zero attached hydrogens (tertiary/aromatic N) is 3. The maximum atomic E-state index is 13.3. The van der Waals surface area contributed by atoms with E-state index in [0.717, 1.165) is 29.7 Å². The van der Waals surface area contributed by atoms with E-state index >= 15 is 0 Å². The van der Waals surface area contributed by atoms with Gasteiger partial charge in [-0.05, 0) is 67.5 Å². The van der Waals surface area contributed by atoms with Gasteiger partial charge in [0.1, 0.15) is 5.82 Å². The van der Waals surface area contributed by atoms with E-state index in [0.29, 0.717) is 31.2 Å². The summed E-state index contributed by atoms with van der Waals surface area (Å²) in [6.07, 6.45) is 4.54. The SMILES string of the molecule is COc1ccc(CN(Cc2cccnc2)C(=O)Cc2ccc(F)cc2)cc1OCCCN(C)C. The molecule has 7 heteroatoms. The summed E-state index contributed by atoms with van der Waals surface area (Å²) in [6, 6.07) is 15.6. The standard InChI is InChI=1S/C27H32FN3O3/c1-30(2)14-5-15-34-26-16-22(9-12-25(26)33-3)19-31(20-23-6-4-13-29-18-23)27(32)17-21-7-10-24(28)11-8-21/h4,6-13,16,18H,5,14-15,17,19-20H2,1-3H3. The van der Waals surface area contributed by atoms with Crippen LogP contribution < -0.4 is 9.47 Å². The van der Waals surface area contributed by atoms with Crippen molar-refractivity contribution in [1.82, 2.24) is 14.8 Å². The first kappa shape index (κ1) is 25.2. The van der Waals surface area contributed by atoms with Crippen LogP contribution in [0.3, 0.4) is 0 Å². The molecule has 0 bridgehead atoms. The second-order valence-electron chi connectivity index (χ2n) is 8.40. The van der Waals surface area contributed by atoms with Crippen molar-refractivity contribution in [2.45, 2.75) is 25.9 Å². The molecule has 3 aromatic rings. The Hall–Kier alpha value is -3.45. The van der Waals surface area contributed by atoms with Crippen molar-refractivity contribution < 1.29 is 18.7 Å². The third-order valence-electron chi connectivity index (χ3n) is 5.33. The molecule has 1 heterocycles. The van der Waals surface area contributed by atoms with Crippen molar-refractivity contribution in [3.8, 4) is 11.5 Å². The van der Waals surface area contributed by atoms with Crippen molar-refractivity contribution in [2.24, 2.45) is 0 Å². The lowest BCUT2D eigenvalue weighted by Crippen LogP contribution is -2.31. The summed E-state index contributed by atoms with van der Waals surface area (Å²) in [5.41, 5.74) is 2.63. The van der Waals surface area contributed by atoms with Crippen LogP contribution in [-0.2, 0) is 24.3 Å². The van der Waals surface area contributed by atoms with E-state index in [-0.39, 0.29) is 18.1 Å². The Morgan fingerprint density at radius 2 is 1.71 bits per heavy atom. The van der Waals surface area contributed by atoms with Gasteiger partial charge in [-0.3, -0.25) is 9.78 Å². The zero-order valence-electron chi connectivity index (χ0n) is 20.0. The van der Waals surface area contributed by atoms with E-state index in [4.69, 9.17) is 9.47 Å². The molecule has 1 amide bonds. The van der Waals surface area contributed by atoms with Crippen LogP contribution in [0.4, 0.5) is 4.39 Å². The summed E-state index contributed by atoms with van der Waals surface area (Å²) in [5, 5.41) is 0. The lowest BCUT2D eigenvalue weighted by molar-refractivity contribution is -0.131. The summed E-state index contributed by atoms with van der Waals surface area (Å²) >= 11 is 0. The smallest absolute Gasteiger partial charge is 0.227 e. The van der Waals surface area contributed by atoms with E-state index in [1.165, 1.54) is 12.1 Å². The van der Waals surface area contributed by atoms with Crippen molar-refractivity contribution >= 4 is 5.91 Å². The molecule has 0 unspecified atom stereocenters. The third kappa shape index (κ3) is 7.85. The quantitative estimate of drug-likeness (QED) is 0.373. The molecule has 180 valence electrons. The van der Waals surface area contributed by atoms with Crippen LogP contribution in [0.2, 0.25) is 0 Å². The molecule has 6 nitrogen and oxygen atoms in total. The molecule has 0 aliphatic heterocycles. The molecule has 2 aromatic carbocycles. The Labute approximate surface area is 200 Å². The molecule has 0 radical (unpaired) electrons. The highest BCUT2D eigenvalue weighted by Gasteiger charge is 2.17. The van der Waals surface area contributed by atoms with Gasteiger partial charge in [-0.1, -0.05) is 24.3 Å². The Bertz CT molecular complexity index is 1040. The van der Waals surface area contributed by atoms with Crippen LogP contribution in [0, 0.1) is 5.82 Å². The molecule has 1 aromatic heterocycles. The van der Waals surface area contributed by atoms with Crippen molar-refractivity contribution in [2.75, 3.05) is 34.4 Å². The molecule has 0 saturated heterocycles. The van der Waals surface area contributed by atoms with E-state index < -0.39 is 0 Å². The molecular formula is C27H32FN3O3. The van der Waals surface area contributed by atoms with Gasteiger partial charge in [0, 0.05) is 32.0 Å². The number of halogens is 1. The normalized spacial score (nSPS) is 10.9. The lowest BCUT2D eigenvalue weighted by Gasteiger charge is -2.24. The van der Waals surface area contributed by atoms with Gasteiger partial charge in [0.25, 0.3) is 0 Å². The Balaban J connectivity index is 1.76. The molecule has 0 saturated carbocycles. The van der Waals surface area contributed by atoms with E-state index in [1.54, 1.807) is 36.5 Å². The number of pyridine rings is 1. The number of rotatable bonds is 12. The van der Waals surface area contributed by atoms with Gasteiger partial charge in [0.05, 0.1) is 20.1 Å². The van der Waals surface area contributed by atoms with Gasteiger partial charge in [0.15, 0.2) is 11.5 Å². The summed E-state index contributed by atoms with van der Waals surface area (Å²) < 4.78 is 24.7. The maximum absolute atomic E-state index is 13.3. The molecule has 0 aliphatic carbocycles. The summed E-state index contributed by atoms with van der Waals surface area (Å²) in [6.45, 7) is 2.31. The van der Waals surface area contributed by atoms with Gasteiger partial charge >= 0.3 is 0 Å². The zero-order chi connectivity index (χ0) is 24.3. The van der Waals surface area contributed by atoms with Gasteiger partial charge in [-0.2, -0.15) is 0 Å². The van der Waals surface area contributed by atoms with Gasteiger partial charge in [0.2, 0.25) is 5.91 Å².